The van der Waals surface area contributed by atoms with Crippen molar-refractivity contribution in [2.45, 2.75) is 0 Å². The number of benzene rings is 3. The van der Waals surface area contributed by atoms with Crippen molar-refractivity contribution in [2.24, 2.45) is 0 Å². The summed E-state index contributed by atoms with van der Waals surface area (Å²) in [4.78, 5) is 15.2. The van der Waals surface area contributed by atoms with Crippen molar-refractivity contribution in [3.63, 3.8) is 0 Å². The van der Waals surface area contributed by atoms with Crippen LogP contribution in [0.3, 0.4) is 0 Å². The highest BCUT2D eigenvalue weighted by molar-refractivity contribution is 9.10. The van der Waals surface area contributed by atoms with E-state index in [2.05, 4.69) is 15.9 Å². The summed E-state index contributed by atoms with van der Waals surface area (Å²) < 4.78 is 11.6. The lowest BCUT2D eigenvalue weighted by Gasteiger charge is -2.21. The average Bonchev–Trinajstić information content (AvgIpc) is 3.10. The minimum Gasteiger partial charge on any atom is -0.493 e. The van der Waals surface area contributed by atoms with E-state index < -0.39 is 0 Å². The summed E-state index contributed by atoms with van der Waals surface area (Å²) >= 11 is 9.57. The first-order valence-electron chi connectivity index (χ1n) is 9.51. The van der Waals surface area contributed by atoms with Gasteiger partial charge >= 0.3 is 0 Å². The largest absolute Gasteiger partial charge is 0.493 e. The van der Waals surface area contributed by atoms with E-state index in [0.29, 0.717) is 22.1 Å². The maximum absolute atomic E-state index is 13.5. The van der Waals surface area contributed by atoms with Gasteiger partial charge in [-0.15, -0.1) is 0 Å². The number of amides is 1. The minimum absolute atomic E-state index is 0.113. The van der Waals surface area contributed by atoms with Crippen molar-refractivity contribution >= 4 is 50.9 Å². The first kappa shape index (κ1) is 21.2. The molecule has 156 valence electrons. The van der Waals surface area contributed by atoms with Gasteiger partial charge in [-0.05, 0) is 65.7 Å². The predicted octanol–water partition coefficient (Wildman–Crippen LogP) is 6.59. The van der Waals surface area contributed by atoms with Crippen LogP contribution in [0.15, 0.2) is 82.9 Å². The molecule has 0 fully saturated rings. The first-order chi connectivity index (χ1) is 15.0. The summed E-state index contributed by atoms with van der Waals surface area (Å²) in [6.07, 6.45) is 3.74. The number of carbonyl (C=O) groups is 1. The summed E-state index contributed by atoms with van der Waals surface area (Å²) in [7, 11) is 3.18. The molecule has 31 heavy (non-hydrogen) atoms. The molecule has 0 spiro atoms. The second-order valence-electron chi connectivity index (χ2n) is 6.87. The Morgan fingerprint density at radius 2 is 1.68 bits per heavy atom. The molecular weight excluding hydrogens is 478 g/mol. The summed E-state index contributed by atoms with van der Waals surface area (Å²) in [5.74, 6) is 1.13. The van der Waals surface area contributed by atoms with Crippen LogP contribution in [0.1, 0.15) is 11.1 Å². The zero-order chi connectivity index (χ0) is 22.0. The minimum atomic E-state index is -0.113. The van der Waals surface area contributed by atoms with Gasteiger partial charge < -0.3 is 9.47 Å². The van der Waals surface area contributed by atoms with E-state index in [4.69, 9.17) is 21.1 Å². The van der Waals surface area contributed by atoms with Gasteiger partial charge in [0, 0.05) is 15.1 Å². The van der Waals surface area contributed by atoms with Crippen molar-refractivity contribution in [1.82, 2.24) is 0 Å². The number of nitrogens with zero attached hydrogens (tertiary/aromatic N) is 1. The van der Waals surface area contributed by atoms with Crippen molar-refractivity contribution in [2.75, 3.05) is 19.1 Å². The molecule has 0 saturated carbocycles. The van der Waals surface area contributed by atoms with Crippen LogP contribution in [-0.2, 0) is 4.79 Å². The van der Waals surface area contributed by atoms with E-state index >= 15 is 0 Å². The molecule has 0 atom stereocenters. The smallest absolute Gasteiger partial charge is 0.262 e. The van der Waals surface area contributed by atoms with Crippen molar-refractivity contribution < 1.29 is 14.3 Å². The number of hydrogen-bond acceptors (Lipinski definition) is 3. The molecule has 0 aromatic heterocycles. The number of anilines is 1. The number of carbonyl (C=O) groups excluding carboxylic acids is 1. The van der Waals surface area contributed by atoms with Gasteiger partial charge in [0.25, 0.3) is 5.91 Å². The zero-order valence-electron chi connectivity index (χ0n) is 16.9. The fourth-order valence-corrected chi connectivity index (χ4v) is 3.96. The van der Waals surface area contributed by atoms with Crippen molar-refractivity contribution in [3.8, 4) is 11.5 Å². The van der Waals surface area contributed by atoms with Crippen molar-refractivity contribution in [3.05, 3.63) is 99.0 Å². The summed E-state index contributed by atoms with van der Waals surface area (Å²) in [5, 5.41) is 0.642. The third kappa shape index (κ3) is 4.38. The third-order valence-corrected chi connectivity index (χ3v) is 5.66. The topological polar surface area (TPSA) is 38.8 Å². The molecule has 0 radical (unpaired) electrons. The molecule has 1 heterocycles. The SMILES string of the molecule is COc1ccc(/C=C2\C=C(c3ccc(Cl)cc3)N(c3cccc(Br)c3)C2=O)cc1OC. The Labute approximate surface area is 194 Å². The number of halogens is 2. The first-order valence-corrected chi connectivity index (χ1v) is 10.7. The normalized spacial score (nSPS) is 14.7. The van der Waals surface area contributed by atoms with E-state index in [0.717, 1.165) is 27.0 Å². The van der Waals surface area contributed by atoms with Gasteiger partial charge in [-0.2, -0.15) is 0 Å². The Bertz CT molecular complexity index is 1200. The van der Waals surface area contributed by atoms with Crippen LogP contribution < -0.4 is 14.4 Å². The molecule has 0 N–H and O–H groups in total. The average molecular weight is 497 g/mol. The van der Waals surface area contributed by atoms with E-state index in [1.165, 1.54) is 0 Å². The number of ether oxygens (including phenoxy) is 2. The Morgan fingerprint density at radius 1 is 0.935 bits per heavy atom. The van der Waals surface area contributed by atoms with Gasteiger partial charge in [-0.25, -0.2) is 0 Å². The molecular formula is C25H19BrClNO3. The molecule has 4 rings (SSSR count). The third-order valence-electron chi connectivity index (χ3n) is 4.92. The van der Waals surface area contributed by atoms with E-state index in [9.17, 15) is 4.79 Å². The highest BCUT2D eigenvalue weighted by Crippen LogP contribution is 2.37. The van der Waals surface area contributed by atoms with Crippen LogP contribution in [-0.4, -0.2) is 20.1 Å². The Hall–Kier alpha value is -3.02. The summed E-state index contributed by atoms with van der Waals surface area (Å²) in [6.45, 7) is 0. The van der Waals surface area contributed by atoms with Crippen LogP contribution in [0, 0.1) is 0 Å². The second kappa shape index (κ2) is 9.00. The fraction of sp³-hybridized carbons (Fsp3) is 0.0800. The van der Waals surface area contributed by atoms with Crippen LogP contribution in [0.5, 0.6) is 11.5 Å². The van der Waals surface area contributed by atoms with Crippen LogP contribution in [0.4, 0.5) is 5.69 Å². The van der Waals surface area contributed by atoms with Crippen LogP contribution >= 0.6 is 27.5 Å². The molecule has 6 heteroatoms. The molecule has 0 unspecified atom stereocenters. The van der Waals surface area contributed by atoms with E-state index in [1.54, 1.807) is 19.1 Å². The Balaban J connectivity index is 1.81. The molecule has 0 bridgehead atoms. The number of rotatable bonds is 5. The van der Waals surface area contributed by atoms with Gasteiger partial charge in [-0.3, -0.25) is 9.69 Å². The molecule has 3 aromatic carbocycles. The standard InChI is InChI=1S/C25H19BrClNO3/c1-30-23-11-6-16(13-24(23)31-2)12-18-14-22(17-7-9-20(27)10-8-17)28(25(18)29)21-5-3-4-19(26)15-21/h3-15H,1-2H3/b18-12+. The van der Waals surface area contributed by atoms with Crippen LogP contribution in [0.25, 0.3) is 11.8 Å². The lowest BCUT2D eigenvalue weighted by molar-refractivity contribution is -0.113. The Kier molecular flexibility index (Phi) is 6.16. The summed E-state index contributed by atoms with van der Waals surface area (Å²) in [5.41, 5.74) is 3.86. The highest BCUT2D eigenvalue weighted by atomic mass is 79.9. The highest BCUT2D eigenvalue weighted by Gasteiger charge is 2.30. The fourth-order valence-electron chi connectivity index (χ4n) is 3.44. The second-order valence-corrected chi connectivity index (χ2v) is 8.22. The number of methoxy groups -OCH3 is 2. The zero-order valence-corrected chi connectivity index (χ0v) is 19.3. The molecule has 4 nitrogen and oxygen atoms in total. The molecule has 1 aliphatic heterocycles. The van der Waals surface area contributed by atoms with Crippen molar-refractivity contribution in [1.29, 1.82) is 0 Å². The van der Waals surface area contributed by atoms with Gasteiger partial charge in [0.05, 0.1) is 25.6 Å². The van der Waals surface area contributed by atoms with E-state index in [-0.39, 0.29) is 5.91 Å². The number of hydrogen-bond donors (Lipinski definition) is 0. The molecule has 0 aliphatic carbocycles. The van der Waals surface area contributed by atoms with Crippen LogP contribution in [0.2, 0.25) is 5.02 Å². The molecule has 3 aromatic rings. The van der Waals surface area contributed by atoms with Gasteiger partial charge in [0.15, 0.2) is 11.5 Å². The van der Waals surface area contributed by atoms with Gasteiger partial charge in [0.1, 0.15) is 0 Å². The van der Waals surface area contributed by atoms with E-state index in [1.807, 2.05) is 78.9 Å². The lowest BCUT2D eigenvalue weighted by Crippen LogP contribution is -2.24. The lowest BCUT2D eigenvalue weighted by atomic mass is 10.1. The molecule has 0 saturated heterocycles. The maximum Gasteiger partial charge on any atom is 0.262 e. The summed E-state index contributed by atoms with van der Waals surface area (Å²) in [6, 6.07) is 20.7. The molecule has 1 amide bonds. The van der Waals surface area contributed by atoms with Gasteiger partial charge in [0.2, 0.25) is 0 Å². The predicted molar refractivity (Wildman–Crippen MR) is 129 cm³/mol. The maximum atomic E-state index is 13.5. The Morgan fingerprint density at radius 3 is 2.35 bits per heavy atom. The quantitative estimate of drug-likeness (QED) is 0.374. The van der Waals surface area contributed by atoms with Gasteiger partial charge in [-0.1, -0.05) is 51.8 Å². The monoisotopic (exact) mass is 495 g/mol. The molecule has 1 aliphatic rings.